The molecule has 0 aliphatic carbocycles. The summed E-state index contributed by atoms with van der Waals surface area (Å²) in [6.07, 6.45) is 72.3. The van der Waals surface area contributed by atoms with Gasteiger partial charge in [-0.3, -0.25) is 37.3 Å². The van der Waals surface area contributed by atoms with Gasteiger partial charge < -0.3 is 33.8 Å². The number of phosphoric ester groups is 2. The molecule has 0 heterocycles. The fourth-order valence-corrected chi connectivity index (χ4v) is 14.7. The molecule has 19 heteroatoms. The first-order valence-electron chi connectivity index (χ1n) is 43.8. The van der Waals surface area contributed by atoms with Gasteiger partial charge in [-0.1, -0.05) is 407 Å². The smallest absolute Gasteiger partial charge is 0.462 e. The topological polar surface area (TPSA) is 237 Å². The Hall–Kier alpha value is -1.94. The Kier molecular flexibility index (Phi) is 76.7. The Bertz CT molecular complexity index is 1950. The number of unbranched alkanes of at least 4 members (excludes halogenated alkanes) is 59. The van der Waals surface area contributed by atoms with E-state index in [0.717, 1.165) is 89.9 Å². The van der Waals surface area contributed by atoms with Gasteiger partial charge in [-0.15, -0.1) is 0 Å². The minimum absolute atomic E-state index is 0.108. The molecule has 0 aromatic rings. The zero-order chi connectivity index (χ0) is 75.3. The number of hydrogen-bond donors (Lipinski definition) is 3. The number of aliphatic hydroxyl groups is 1. The second-order valence-corrected chi connectivity index (χ2v) is 33.1. The van der Waals surface area contributed by atoms with Gasteiger partial charge in [-0.25, -0.2) is 9.13 Å². The molecule has 0 amide bonds. The van der Waals surface area contributed by atoms with Crippen LogP contribution in [0.1, 0.15) is 458 Å². The minimum atomic E-state index is -4.96. The summed E-state index contributed by atoms with van der Waals surface area (Å²) in [6.45, 7) is 5.03. The third-order valence-electron chi connectivity index (χ3n) is 19.9. The lowest BCUT2D eigenvalue weighted by Gasteiger charge is -2.21. The summed E-state index contributed by atoms with van der Waals surface area (Å²) in [5, 5.41) is 10.7. The maximum Gasteiger partial charge on any atom is 0.472 e. The molecule has 0 radical (unpaired) electrons. The van der Waals surface area contributed by atoms with E-state index in [1.807, 2.05) is 0 Å². The van der Waals surface area contributed by atoms with Crippen LogP contribution < -0.4 is 0 Å². The highest BCUT2D eigenvalue weighted by Crippen LogP contribution is 2.45. The summed E-state index contributed by atoms with van der Waals surface area (Å²) in [7, 11) is -9.92. The van der Waals surface area contributed by atoms with Crippen molar-refractivity contribution in [1.82, 2.24) is 0 Å². The van der Waals surface area contributed by atoms with Crippen LogP contribution in [-0.2, 0) is 65.4 Å². The maximum atomic E-state index is 13.1. The van der Waals surface area contributed by atoms with Crippen molar-refractivity contribution in [3.63, 3.8) is 0 Å². The average Bonchev–Trinajstić information content (AvgIpc) is 0.919. The van der Waals surface area contributed by atoms with E-state index in [4.69, 9.17) is 37.0 Å². The van der Waals surface area contributed by atoms with Gasteiger partial charge in [0.2, 0.25) is 0 Å². The number of rotatable bonds is 85. The lowest BCUT2D eigenvalue weighted by atomic mass is 10.0. The number of aliphatic hydroxyl groups excluding tert-OH is 1. The van der Waals surface area contributed by atoms with Gasteiger partial charge in [-0.2, -0.15) is 0 Å². The molecule has 2 unspecified atom stereocenters. The van der Waals surface area contributed by atoms with Crippen LogP contribution in [0.15, 0.2) is 0 Å². The third kappa shape index (κ3) is 78.0. The molecule has 0 aliphatic heterocycles. The molecule has 612 valence electrons. The van der Waals surface area contributed by atoms with E-state index in [1.165, 1.54) is 289 Å². The second-order valence-electron chi connectivity index (χ2n) is 30.2. The van der Waals surface area contributed by atoms with Crippen molar-refractivity contribution in [2.24, 2.45) is 0 Å². The Balaban J connectivity index is 5.19. The van der Waals surface area contributed by atoms with Crippen LogP contribution in [0, 0.1) is 0 Å². The second kappa shape index (κ2) is 78.2. The minimum Gasteiger partial charge on any atom is -0.462 e. The highest BCUT2D eigenvalue weighted by atomic mass is 31.2. The Morgan fingerprint density at radius 1 is 0.233 bits per heavy atom. The van der Waals surface area contributed by atoms with Crippen LogP contribution in [0.25, 0.3) is 0 Å². The molecule has 0 aromatic carbocycles. The lowest BCUT2D eigenvalue weighted by Crippen LogP contribution is -2.30. The van der Waals surface area contributed by atoms with Crippen LogP contribution in [0.2, 0.25) is 0 Å². The van der Waals surface area contributed by atoms with Gasteiger partial charge in [0.15, 0.2) is 12.2 Å². The zero-order valence-corrected chi connectivity index (χ0v) is 69.1. The highest BCUT2D eigenvalue weighted by molar-refractivity contribution is 7.47. The monoisotopic (exact) mass is 1510 g/mol. The van der Waals surface area contributed by atoms with Gasteiger partial charge >= 0.3 is 39.5 Å². The number of esters is 4. The quantitative estimate of drug-likeness (QED) is 0.0222. The normalized spacial score (nSPS) is 13.7. The molecule has 0 saturated carbocycles. The highest BCUT2D eigenvalue weighted by Gasteiger charge is 2.30. The van der Waals surface area contributed by atoms with Crippen LogP contribution >= 0.6 is 15.6 Å². The predicted molar refractivity (Wildman–Crippen MR) is 423 cm³/mol. The summed E-state index contributed by atoms with van der Waals surface area (Å²) in [4.78, 5) is 73.1. The molecule has 0 saturated heterocycles. The first-order valence-corrected chi connectivity index (χ1v) is 46.8. The molecular formula is C84H164O17P2. The summed E-state index contributed by atoms with van der Waals surface area (Å²) >= 11 is 0. The van der Waals surface area contributed by atoms with Crippen molar-refractivity contribution in [1.29, 1.82) is 0 Å². The Morgan fingerprint density at radius 2 is 0.388 bits per heavy atom. The third-order valence-corrected chi connectivity index (χ3v) is 21.8. The maximum absolute atomic E-state index is 13.1. The SMILES string of the molecule is CCCCCCCCCCCCCCCCCCCCCCCCC(=O)O[C@H](COC(=O)CCCCCCCCCCCCCCCCCCCCC)COP(=O)(O)OC[C@@H](O)COP(=O)(O)OC[C@@H](COC(=O)CCCCCCCCCCCC)OC(=O)CCCCCCCCCCCCCC. The molecule has 0 spiro atoms. The molecule has 0 aromatic heterocycles. The van der Waals surface area contributed by atoms with E-state index in [2.05, 4.69) is 27.7 Å². The van der Waals surface area contributed by atoms with Gasteiger partial charge in [-0.05, 0) is 25.7 Å². The van der Waals surface area contributed by atoms with Crippen molar-refractivity contribution in [2.75, 3.05) is 39.6 Å². The van der Waals surface area contributed by atoms with Crippen LogP contribution in [-0.4, -0.2) is 96.7 Å². The lowest BCUT2D eigenvalue weighted by molar-refractivity contribution is -0.161. The molecule has 0 aliphatic rings. The number of phosphoric acid groups is 2. The Labute approximate surface area is 632 Å². The van der Waals surface area contributed by atoms with Gasteiger partial charge in [0, 0.05) is 25.7 Å². The summed E-state index contributed by atoms with van der Waals surface area (Å²) in [5.41, 5.74) is 0. The van der Waals surface area contributed by atoms with E-state index in [1.54, 1.807) is 0 Å². The standard InChI is InChI=1S/C84H164O17P2/c1-5-9-13-17-21-25-29-32-34-36-38-39-40-42-44-46-48-51-55-59-63-67-71-84(89)101-80(75-95-82(87)69-65-61-57-53-50-47-45-43-41-37-35-33-30-26-22-18-14-10-6-2)77-99-103(92,93)97-73-78(85)72-96-102(90,91)98-76-79(74-94-81(86)68-64-60-56-52-28-24-20-16-12-8-4)100-83(88)70-66-62-58-54-49-31-27-23-19-15-11-7-3/h78-80,85H,5-77H2,1-4H3,(H,90,91)(H,92,93)/t78-,79+,80+/m0/s1. The molecule has 17 nitrogen and oxygen atoms in total. The Morgan fingerprint density at radius 3 is 0.573 bits per heavy atom. The van der Waals surface area contributed by atoms with E-state index in [-0.39, 0.29) is 25.7 Å². The summed E-state index contributed by atoms with van der Waals surface area (Å²) < 4.78 is 68.8. The van der Waals surface area contributed by atoms with E-state index >= 15 is 0 Å². The first-order chi connectivity index (χ1) is 50.2. The molecule has 0 rings (SSSR count). The molecule has 0 fully saturated rings. The summed E-state index contributed by atoms with van der Waals surface area (Å²) in [5.74, 6) is -2.10. The van der Waals surface area contributed by atoms with Crippen LogP contribution in [0.3, 0.4) is 0 Å². The molecule has 0 bridgehead atoms. The zero-order valence-electron chi connectivity index (χ0n) is 67.3. The fraction of sp³-hybridized carbons (Fsp3) is 0.952. The van der Waals surface area contributed by atoms with Crippen LogP contribution in [0.5, 0.6) is 0 Å². The first kappa shape index (κ1) is 101. The number of ether oxygens (including phenoxy) is 4. The van der Waals surface area contributed by atoms with E-state index in [0.29, 0.717) is 25.7 Å². The van der Waals surface area contributed by atoms with Gasteiger partial charge in [0.25, 0.3) is 0 Å². The molecule has 3 N–H and O–H groups in total. The molecule has 103 heavy (non-hydrogen) atoms. The van der Waals surface area contributed by atoms with Gasteiger partial charge in [0.05, 0.1) is 26.4 Å². The number of carbonyl (C=O) groups excluding carboxylic acids is 4. The van der Waals surface area contributed by atoms with E-state index in [9.17, 15) is 43.2 Å². The number of carbonyl (C=O) groups is 4. The van der Waals surface area contributed by atoms with Crippen molar-refractivity contribution in [3.05, 3.63) is 0 Å². The van der Waals surface area contributed by atoms with Crippen molar-refractivity contribution in [3.8, 4) is 0 Å². The molecule has 5 atom stereocenters. The predicted octanol–water partition coefficient (Wildman–Crippen LogP) is 25.7. The largest absolute Gasteiger partial charge is 0.472 e. The number of hydrogen-bond acceptors (Lipinski definition) is 15. The fourth-order valence-electron chi connectivity index (χ4n) is 13.2. The van der Waals surface area contributed by atoms with Crippen molar-refractivity contribution < 1.29 is 80.2 Å². The molecular weight excluding hydrogens is 1340 g/mol. The average molecular weight is 1510 g/mol. The van der Waals surface area contributed by atoms with Gasteiger partial charge in [0.1, 0.15) is 19.3 Å². The van der Waals surface area contributed by atoms with Crippen molar-refractivity contribution in [2.45, 2.75) is 476 Å². The van der Waals surface area contributed by atoms with Crippen LogP contribution in [0.4, 0.5) is 0 Å². The van der Waals surface area contributed by atoms with Crippen molar-refractivity contribution >= 4 is 39.5 Å². The van der Waals surface area contributed by atoms with E-state index < -0.39 is 97.5 Å². The summed E-state index contributed by atoms with van der Waals surface area (Å²) in [6, 6.07) is 0.